The van der Waals surface area contributed by atoms with Crippen molar-refractivity contribution in [3.8, 4) is 18.3 Å². The highest BCUT2D eigenvalue weighted by molar-refractivity contribution is 5.86. The number of aliphatic hydroxyl groups excluding tert-OH is 6. The Morgan fingerprint density at radius 3 is 1.84 bits per heavy atom. The average molecular weight is 875 g/mol. The molecular weight excluding hydrogens is 816 g/mol. The maximum atomic E-state index is 11.0. The van der Waals surface area contributed by atoms with Crippen LogP contribution in [0.3, 0.4) is 0 Å². The summed E-state index contributed by atoms with van der Waals surface area (Å²) in [7, 11) is 0. The maximum Gasteiger partial charge on any atom is 0.333 e. The molecule has 0 fully saturated rings. The predicted octanol–water partition coefficient (Wildman–Crippen LogP) is 2.69. The van der Waals surface area contributed by atoms with E-state index in [9.17, 15) is 24.0 Å². The van der Waals surface area contributed by atoms with Crippen LogP contribution >= 0.6 is 0 Å². The van der Waals surface area contributed by atoms with E-state index in [4.69, 9.17) is 55.7 Å². The molecule has 2 aromatic carbocycles. The van der Waals surface area contributed by atoms with Crippen LogP contribution in [0, 0.1) is 28.4 Å². The van der Waals surface area contributed by atoms with Gasteiger partial charge in [0.05, 0.1) is 57.6 Å². The molecule has 2 rings (SSSR count). The van der Waals surface area contributed by atoms with Crippen LogP contribution in [0.15, 0.2) is 70.7 Å². The Bertz CT molecular complexity index is 1710. The molecular formula is C42H58N4O16. The van der Waals surface area contributed by atoms with E-state index in [1.54, 1.807) is 43.7 Å². The molecule has 20 nitrogen and oxygen atoms in total. The molecule has 0 saturated heterocycles. The summed E-state index contributed by atoms with van der Waals surface area (Å²) < 4.78 is 18.4. The number of nitrogens with zero attached hydrogens (tertiary/aromatic N) is 4. The fraction of sp³-hybridized carbons (Fsp3) is 0.500. The topological polar surface area (TPSA) is 336 Å². The SMILES string of the molecule is C=C(C)C(=O)OCC(O)CO.CC(CO)(CO)COC(=O)CCC(=O)O.CC(O)CO.N#COCCCCCCN=C=O.N#COc1ccc(Cc2ccc(N=C=O)cc2)cc1. The van der Waals surface area contributed by atoms with Crippen molar-refractivity contribution >= 4 is 35.8 Å². The first-order valence-corrected chi connectivity index (χ1v) is 18.9. The average Bonchev–Trinajstić information content (AvgIpc) is 3.27. The van der Waals surface area contributed by atoms with Crippen molar-refractivity contribution < 1.29 is 78.7 Å². The van der Waals surface area contributed by atoms with E-state index in [0.717, 1.165) is 43.2 Å². The van der Waals surface area contributed by atoms with Crippen LogP contribution in [-0.2, 0) is 44.6 Å². The van der Waals surface area contributed by atoms with E-state index >= 15 is 0 Å². The number of rotatable bonds is 23. The molecule has 20 heteroatoms. The monoisotopic (exact) mass is 874 g/mol. The Kier molecular flexibility index (Phi) is 38.8. The molecule has 62 heavy (non-hydrogen) atoms. The lowest BCUT2D eigenvalue weighted by atomic mass is 9.94. The van der Waals surface area contributed by atoms with Crippen LogP contribution in [0.5, 0.6) is 5.75 Å². The van der Waals surface area contributed by atoms with Gasteiger partial charge in [-0.1, -0.05) is 44.2 Å². The Hall–Kier alpha value is -6.31. The highest BCUT2D eigenvalue weighted by Crippen LogP contribution is 2.18. The van der Waals surface area contributed by atoms with Crippen LogP contribution in [-0.4, -0.2) is 131 Å². The van der Waals surface area contributed by atoms with Gasteiger partial charge in [0.25, 0.3) is 12.5 Å². The fourth-order valence-corrected chi connectivity index (χ4v) is 3.54. The van der Waals surface area contributed by atoms with E-state index < -0.39 is 42.1 Å². The van der Waals surface area contributed by atoms with Crippen molar-refractivity contribution in [2.24, 2.45) is 15.4 Å². The lowest BCUT2D eigenvalue weighted by Gasteiger charge is -2.23. The summed E-state index contributed by atoms with van der Waals surface area (Å²) >= 11 is 0. The molecule has 0 aliphatic heterocycles. The second kappa shape index (κ2) is 40.1. The third kappa shape index (κ3) is 37.9. The molecule has 0 bridgehead atoms. The van der Waals surface area contributed by atoms with Crippen LogP contribution in [0.1, 0.15) is 70.4 Å². The molecule has 0 radical (unpaired) electrons. The van der Waals surface area contributed by atoms with Crippen LogP contribution in [0.25, 0.3) is 0 Å². The van der Waals surface area contributed by atoms with Crippen molar-refractivity contribution in [2.75, 3.05) is 52.8 Å². The lowest BCUT2D eigenvalue weighted by molar-refractivity contribution is -0.151. The summed E-state index contributed by atoms with van der Waals surface area (Å²) in [6, 6.07) is 14.7. The highest BCUT2D eigenvalue weighted by Gasteiger charge is 2.24. The Morgan fingerprint density at radius 2 is 1.39 bits per heavy atom. The fourth-order valence-electron chi connectivity index (χ4n) is 3.54. The molecule has 342 valence electrons. The number of hydrogen-bond donors (Lipinski definition) is 7. The van der Waals surface area contributed by atoms with Gasteiger partial charge in [-0.3, -0.25) is 9.59 Å². The number of carbonyl (C=O) groups excluding carboxylic acids is 4. The number of aliphatic hydroxyl groups is 6. The minimum Gasteiger partial charge on any atom is -0.481 e. The molecule has 0 aliphatic carbocycles. The number of carboxylic acids is 1. The number of carbonyl (C=O) groups is 3. The molecule has 0 heterocycles. The van der Waals surface area contributed by atoms with Gasteiger partial charge in [0.15, 0.2) is 0 Å². The Balaban J connectivity index is -0.000000737. The lowest BCUT2D eigenvalue weighted by Crippen LogP contribution is -2.32. The quantitative estimate of drug-likeness (QED) is 0.0211. The van der Waals surface area contributed by atoms with Gasteiger partial charge in [-0.15, -0.1) is 5.26 Å². The summed E-state index contributed by atoms with van der Waals surface area (Å²) in [6.07, 6.45) is 8.76. The molecule has 2 aromatic rings. The normalized spacial score (nSPS) is 10.5. The van der Waals surface area contributed by atoms with E-state index in [1.165, 1.54) is 26.0 Å². The van der Waals surface area contributed by atoms with Crippen molar-refractivity contribution in [1.29, 1.82) is 10.5 Å². The number of aliphatic imine (C=N–C) groups is 2. The summed E-state index contributed by atoms with van der Waals surface area (Å²) in [5.74, 6) is -1.75. The van der Waals surface area contributed by atoms with E-state index in [2.05, 4.69) is 26.0 Å². The van der Waals surface area contributed by atoms with Crippen LogP contribution in [0.2, 0.25) is 0 Å². The van der Waals surface area contributed by atoms with Crippen molar-refractivity contribution in [3.05, 3.63) is 71.8 Å². The standard InChI is InChI=1S/C15H10N2O2.C9H16O6.C8H12N2O2.C7H12O4.C3H8O2/c16-10-19-15-7-3-13(4-8-15)9-12-1-5-14(6-2-12)17-11-18;1-9(4-10,5-11)6-15-8(14)3-2-7(12)13;9-7-12-6-4-2-1-3-5-10-8-11;1-5(2)7(10)11-4-6(9)3-8;1-3(5)2-4/h1-8H,9H2;10-11H,2-6H2,1H3,(H,12,13);1-6H2;6,8-9H,1,3-4H2,2H3;3-5H,2H2,1H3. The predicted molar refractivity (Wildman–Crippen MR) is 220 cm³/mol. The number of carboxylic acid groups (broad SMARTS) is 1. The molecule has 7 N–H and O–H groups in total. The number of unbranched alkanes of at least 4 members (excludes halogenated alkanes) is 3. The number of hydrogen-bond acceptors (Lipinski definition) is 19. The van der Waals surface area contributed by atoms with E-state index in [1.807, 2.05) is 24.3 Å². The molecule has 2 atom stereocenters. The minimum absolute atomic E-state index is 0.127. The first-order chi connectivity index (χ1) is 29.5. The van der Waals surface area contributed by atoms with Gasteiger partial charge in [0, 0.05) is 11.0 Å². The Morgan fingerprint density at radius 1 is 0.823 bits per heavy atom. The van der Waals surface area contributed by atoms with Gasteiger partial charge < -0.3 is 54.7 Å². The third-order valence-electron chi connectivity index (χ3n) is 7.12. The van der Waals surface area contributed by atoms with Crippen molar-refractivity contribution in [2.45, 2.75) is 77.9 Å². The van der Waals surface area contributed by atoms with Crippen LogP contribution in [0.4, 0.5) is 5.69 Å². The molecule has 0 aromatic heterocycles. The number of nitriles is 2. The van der Waals surface area contributed by atoms with Gasteiger partial charge in [-0.25, -0.2) is 19.4 Å². The number of ether oxygens (including phenoxy) is 4. The van der Waals surface area contributed by atoms with E-state index in [-0.39, 0.29) is 51.4 Å². The minimum atomic E-state index is -1.07. The van der Waals surface area contributed by atoms with E-state index in [0.29, 0.717) is 24.6 Å². The highest BCUT2D eigenvalue weighted by atomic mass is 16.5. The van der Waals surface area contributed by atoms with Crippen molar-refractivity contribution in [1.82, 2.24) is 0 Å². The van der Waals surface area contributed by atoms with Gasteiger partial charge >= 0.3 is 17.9 Å². The van der Waals surface area contributed by atoms with Gasteiger partial charge in [0.1, 0.15) is 31.7 Å². The molecule has 0 saturated carbocycles. The number of benzene rings is 2. The van der Waals surface area contributed by atoms with Crippen molar-refractivity contribution in [3.63, 3.8) is 0 Å². The zero-order valence-electron chi connectivity index (χ0n) is 35.2. The molecule has 0 spiro atoms. The smallest absolute Gasteiger partial charge is 0.333 e. The second-order valence-electron chi connectivity index (χ2n) is 13.1. The summed E-state index contributed by atoms with van der Waals surface area (Å²) in [5.41, 5.74) is 2.21. The number of aliphatic carboxylic acids is 1. The molecule has 0 amide bonds. The van der Waals surface area contributed by atoms with Crippen LogP contribution < -0.4 is 4.74 Å². The zero-order valence-corrected chi connectivity index (χ0v) is 35.2. The number of esters is 2. The van der Waals surface area contributed by atoms with Gasteiger partial charge in [-0.05, 0) is 74.9 Å². The summed E-state index contributed by atoms with van der Waals surface area (Å²) in [5, 5.41) is 75.5. The third-order valence-corrected chi connectivity index (χ3v) is 7.12. The zero-order chi connectivity index (χ0) is 47.6. The molecule has 0 aliphatic rings. The first kappa shape index (κ1) is 60.0. The first-order valence-electron chi connectivity index (χ1n) is 18.9. The summed E-state index contributed by atoms with van der Waals surface area (Å²) in [6.45, 7) is 7.49. The maximum absolute atomic E-state index is 11.0. The van der Waals surface area contributed by atoms with Gasteiger partial charge in [-0.2, -0.15) is 10.3 Å². The second-order valence-corrected chi connectivity index (χ2v) is 13.1. The summed E-state index contributed by atoms with van der Waals surface area (Å²) in [4.78, 5) is 58.4. The van der Waals surface area contributed by atoms with Gasteiger partial charge in [0.2, 0.25) is 12.2 Å². The number of isocyanates is 2. The molecule has 2 unspecified atom stereocenters. The largest absolute Gasteiger partial charge is 0.481 e. The Labute approximate surface area is 360 Å².